The van der Waals surface area contributed by atoms with Gasteiger partial charge in [-0.15, -0.1) is 0 Å². The van der Waals surface area contributed by atoms with Crippen LogP contribution >= 0.6 is 0 Å². The summed E-state index contributed by atoms with van der Waals surface area (Å²) in [6, 6.07) is 3.41. The van der Waals surface area contributed by atoms with Gasteiger partial charge in [0.1, 0.15) is 11.5 Å². The molecule has 3 atom stereocenters. The van der Waals surface area contributed by atoms with Gasteiger partial charge in [0, 0.05) is 25.6 Å². The third-order valence-corrected chi connectivity index (χ3v) is 6.30. The largest absolute Gasteiger partial charge is 0.493 e. The average Bonchev–Trinajstić information content (AvgIpc) is 2.76. The number of hydrogen-bond acceptors (Lipinski definition) is 8. The molecule has 10 heteroatoms. The number of benzene rings is 1. The first-order valence-electron chi connectivity index (χ1n) is 11.4. The summed E-state index contributed by atoms with van der Waals surface area (Å²) in [5, 5.41) is 12.7. The SMILES string of the molecule is CCOC(=O)C1(NC(=O)OC(C)(C)C)CC2c3cc(OC)c(OC)cc3CCN2CC1C(=O)O. The highest BCUT2D eigenvalue weighted by atomic mass is 16.6. The number of alkyl carbamates (subject to hydrolysis) is 1. The van der Waals surface area contributed by atoms with Crippen LogP contribution in [0.1, 0.15) is 51.3 Å². The number of nitrogens with one attached hydrogen (secondary N) is 1. The second-order valence-electron chi connectivity index (χ2n) is 9.58. The van der Waals surface area contributed by atoms with E-state index in [1.807, 2.05) is 17.0 Å². The summed E-state index contributed by atoms with van der Waals surface area (Å²) in [6.45, 7) is 7.41. The van der Waals surface area contributed by atoms with E-state index in [0.717, 1.165) is 11.1 Å². The van der Waals surface area contributed by atoms with Crippen LogP contribution in [0.2, 0.25) is 0 Å². The number of carboxylic acids is 1. The van der Waals surface area contributed by atoms with Crippen LogP contribution in [-0.4, -0.2) is 73.1 Å². The Hall–Kier alpha value is -3.01. The second-order valence-corrected chi connectivity index (χ2v) is 9.58. The topological polar surface area (TPSA) is 124 Å². The van der Waals surface area contributed by atoms with Crippen molar-refractivity contribution in [3.63, 3.8) is 0 Å². The number of amides is 1. The van der Waals surface area contributed by atoms with Gasteiger partial charge in [0.05, 0.1) is 20.8 Å². The third kappa shape index (κ3) is 4.91. The highest BCUT2D eigenvalue weighted by Gasteiger charge is 2.58. The van der Waals surface area contributed by atoms with Crippen LogP contribution in [0.15, 0.2) is 12.1 Å². The first-order valence-corrected chi connectivity index (χ1v) is 11.4. The molecule has 3 rings (SSSR count). The van der Waals surface area contributed by atoms with Crippen LogP contribution in [0.4, 0.5) is 4.79 Å². The van der Waals surface area contributed by atoms with E-state index in [1.165, 1.54) is 0 Å². The van der Waals surface area contributed by atoms with Gasteiger partial charge in [-0.25, -0.2) is 9.59 Å². The van der Waals surface area contributed by atoms with E-state index >= 15 is 0 Å². The monoisotopic (exact) mass is 478 g/mol. The highest BCUT2D eigenvalue weighted by molar-refractivity contribution is 5.92. The zero-order valence-electron chi connectivity index (χ0n) is 20.6. The second kappa shape index (κ2) is 9.69. The summed E-state index contributed by atoms with van der Waals surface area (Å²) in [6.07, 6.45) is -0.182. The fraction of sp³-hybridized carbons (Fsp3) is 0.625. The number of nitrogens with zero attached hydrogens (tertiary/aromatic N) is 1. The molecule has 188 valence electrons. The van der Waals surface area contributed by atoms with Crippen molar-refractivity contribution in [2.24, 2.45) is 5.92 Å². The Labute approximate surface area is 199 Å². The van der Waals surface area contributed by atoms with Crippen molar-refractivity contribution in [1.82, 2.24) is 10.2 Å². The Kier molecular flexibility index (Phi) is 7.30. The number of carbonyl (C=O) groups is 3. The van der Waals surface area contributed by atoms with E-state index in [4.69, 9.17) is 18.9 Å². The summed E-state index contributed by atoms with van der Waals surface area (Å²) < 4.78 is 21.6. The lowest BCUT2D eigenvalue weighted by atomic mass is 9.71. The van der Waals surface area contributed by atoms with Gasteiger partial charge < -0.3 is 29.4 Å². The fourth-order valence-electron chi connectivity index (χ4n) is 4.82. The van der Waals surface area contributed by atoms with Crippen molar-refractivity contribution in [2.45, 2.75) is 57.7 Å². The number of ether oxygens (including phenoxy) is 4. The summed E-state index contributed by atoms with van der Waals surface area (Å²) in [5.41, 5.74) is -0.733. The molecule has 3 unspecified atom stereocenters. The van der Waals surface area contributed by atoms with Gasteiger partial charge in [-0.1, -0.05) is 0 Å². The maximum atomic E-state index is 13.3. The molecular weight excluding hydrogens is 444 g/mol. The van der Waals surface area contributed by atoms with E-state index in [9.17, 15) is 19.5 Å². The Morgan fingerprint density at radius 2 is 1.82 bits per heavy atom. The number of esters is 1. The summed E-state index contributed by atoms with van der Waals surface area (Å²) in [5.74, 6) is -2.08. The number of methoxy groups -OCH3 is 2. The molecule has 0 radical (unpaired) electrons. The van der Waals surface area contributed by atoms with Crippen LogP contribution in [-0.2, 0) is 25.5 Å². The summed E-state index contributed by atoms with van der Waals surface area (Å²) >= 11 is 0. The molecule has 10 nitrogen and oxygen atoms in total. The zero-order valence-corrected chi connectivity index (χ0v) is 20.6. The third-order valence-electron chi connectivity index (χ3n) is 6.30. The molecule has 0 spiro atoms. The smallest absolute Gasteiger partial charge is 0.408 e. The molecule has 1 amide bonds. The van der Waals surface area contributed by atoms with Gasteiger partial charge in [-0.2, -0.15) is 0 Å². The molecular formula is C24H34N2O8. The minimum Gasteiger partial charge on any atom is -0.493 e. The molecule has 2 heterocycles. The van der Waals surface area contributed by atoms with Crippen molar-refractivity contribution in [3.05, 3.63) is 23.3 Å². The number of hydrogen-bond donors (Lipinski definition) is 2. The predicted molar refractivity (Wildman–Crippen MR) is 122 cm³/mol. The number of piperidine rings is 1. The lowest BCUT2D eigenvalue weighted by molar-refractivity contribution is -0.168. The zero-order chi connectivity index (χ0) is 25.3. The molecule has 1 aromatic carbocycles. The quantitative estimate of drug-likeness (QED) is 0.594. The highest BCUT2D eigenvalue weighted by Crippen LogP contribution is 2.46. The minimum absolute atomic E-state index is 0.00449. The molecule has 0 aliphatic carbocycles. The average molecular weight is 479 g/mol. The minimum atomic E-state index is -1.81. The molecule has 1 saturated heterocycles. The van der Waals surface area contributed by atoms with Crippen LogP contribution in [0.5, 0.6) is 11.5 Å². The number of fused-ring (bicyclic) bond motifs is 3. The first kappa shape index (κ1) is 25.6. The molecule has 1 aromatic rings. The molecule has 2 aliphatic rings. The van der Waals surface area contributed by atoms with Gasteiger partial charge in [0.2, 0.25) is 0 Å². The fourth-order valence-corrected chi connectivity index (χ4v) is 4.82. The van der Waals surface area contributed by atoms with Gasteiger partial charge in [0.25, 0.3) is 0 Å². The van der Waals surface area contributed by atoms with Crippen LogP contribution in [0.25, 0.3) is 0 Å². The normalized spacial score (nSPS) is 24.3. The maximum absolute atomic E-state index is 13.3. The standard InChI is InChI=1S/C24H34N2O8/c1-7-33-21(29)24(25-22(30)34-23(2,3)4)12-17-15-11-19(32-6)18(31-5)10-14(15)8-9-26(17)13-16(24)20(27)28/h10-11,16-17H,7-9,12-13H2,1-6H3,(H,25,30)(H,27,28). The Morgan fingerprint density at radius 3 is 2.38 bits per heavy atom. The molecule has 1 fully saturated rings. The summed E-state index contributed by atoms with van der Waals surface area (Å²) in [7, 11) is 3.10. The molecule has 2 N–H and O–H groups in total. The Balaban J connectivity index is 2.10. The van der Waals surface area contributed by atoms with Gasteiger partial charge in [-0.3, -0.25) is 9.69 Å². The van der Waals surface area contributed by atoms with Gasteiger partial charge in [0.15, 0.2) is 17.0 Å². The number of rotatable bonds is 6. The van der Waals surface area contributed by atoms with Gasteiger partial charge >= 0.3 is 18.0 Å². The van der Waals surface area contributed by atoms with Crippen molar-refractivity contribution in [3.8, 4) is 11.5 Å². The van der Waals surface area contributed by atoms with Gasteiger partial charge in [-0.05, 0) is 57.4 Å². The Bertz CT molecular complexity index is 957. The van der Waals surface area contributed by atoms with E-state index in [0.29, 0.717) is 24.5 Å². The maximum Gasteiger partial charge on any atom is 0.408 e. The lowest BCUT2D eigenvalue weighted by Crippen LogP contribution is -2.69. The first-order chi connectivity index (χ1) is 16.0. The van der Waals surface area contributed by atoms with E-state index in [2.05, 4.69) is 5.32 Å². The van der Waals surface area contributed by atoms with E-state index in [-0.39, 0.29) is 25.6 Å². The van der Waals surface area contributed by atoms with Crippen molar-refractivity contribution < 1.29 is 38.4 Å². The molecule has 0 aromatic heterocycles. The number of carbonyl (C=O) groups excluding carboxylic acids is 2. The molecule has 0 bridgehead atoms. The Morgan fingerprint density at radius 1 is 1.18 bits per heavy atom. The van der Waals surface area contributed by atoms with Crippen LogP contribution in [0, 0.1) is 5.92 Å². The van der Waals surface area contributed by atoms with Crippen molar-refractivity contribution >= 4 is 18.0 Å². The lowest BCUT2D eigenvalue weighted by Gasteiger charge is -2.50. The van der Waals surface area contributed by atoms with Crippen LogP contribution in [0.3, 0.4) is 0 Å². The van der Waals surface area contributed by atoms with Crippen molar-refractivity contribution in [1.29, 1.82) is 0 Å². The predicted octanol–water partition coefficient (Wildman–Crippen LogP) is 2.53. The van der Waals surface area contributed by atoms with E-state index < -0.39 is 35.1 Å². The van der Waals surface area contributed by atoms with Crippen LogP contribution < -0.4 is 14.8 Å². The molecule has 0 saturated carbocycles. The van der Waals surface area contributed by atoms with E-state index in [1.54, 1.807) is 41.9 Å². The number of carboxylic acid groups (broad SMARTS) is 1. The summed E-state index contributed by atoms with van der Waals surface area (Å²) in [4.78, 5) is 40.6. The van der Waals surface area contributed by atoms with Crippen molar-refractivity contribution in [2.75, 3.05) is 33.9 Å². The number of aliphatic carboxylic acids is 1. The molecule has 2 aliphatic heterocycles. The molecule has 34 heavy (non-hydrogen) atoms.